The molecule has 0 saturated heterocycles. The van der Waals surface area contributed by atoms with Gasteiger partial charge in [0.05, 0.1) is 0 Å². The van der Waals surface area contributed by atoms with Crippen molar-refractivity contribution in [2.24, 2.45) is 5.73 Å². The second-order valence-corrected chi connectivity index (χ2v) is 5.83. The van der Waals surface area contributed by atoms with Crippen molar-refractivity contribution >= 4 is 34.8 Å². The van der Waals surface area contributed by atoms with Crippen LogP contribution in [0, 0.1) is 0 Å². The van der Waals surface area contributed by atoms with Gasteiger partial charge in [-0.05, 0) is 31.0 Å². The highest BCUT2D eigenvalue weighted by atomic mass is 35.5. The maximum atomic E-state index is 11.9. The summed E-state index contributed by atoms with van der Waals surface area (Å²) >= 11 is 11.7. The molecule has 98 valence electrons. The third-order valence-corrected chi connectivity index (χ3v) is 3.69. The molecular weight excluding hydrogens is 271 g/mol. The molecular formula is C13H16Cl2N2O. The molecule has 0 spiro atoms. The summed E-state index contributed by atoms with van der Waals surface area (Å²) in [5, 5.41) is 3.79. The predicted molar refractivity (Wildman–Crippen MR) is 75.1 cm³/mol. The van der Waals surface area contributed by atoms with Crippen molar-refractivity contribution in [3.63, 3.8) is 0 Å². The van der Waals surface area contributed by atoms with E-state index >= 15 is 0 Å². The Hall–Kier alpha value is -0.770. The third kappa shape index (κ3) is 3.61. The topological polar surface area (TPSA) is 55.1 Å². The molecule has 18 heavy (non-hydrogen) atoms. The molecule has 1 aliphatic rings. The van der Waals surface area contributed by atoms with Crippen LogP contribution in [-0.4, -0.2) is 11.4 Å². The van der Waals surface area contributed by atoms with Crippen LogP contribution in [0.2, 0.25) is 10.0 Å². The van der Waals surface area contributed by atoms with Crippen molar-refractivity contribution in [1.82, 2.24) is 0 Å². The summed E-state index contributed by atoms with van der Waals surface area (Å²) in [6.45, 7) is 0. The number of anilines is 1. The molecule has 1 fully saturated rings. The second-order valence-electron chi connectivity index (χ2n) is 4.95. The number of nitrogens with one attached hydrogen (secondary N) is 1. The number of rotatable bonds is 3. The first kappa shape index (κ1) is 13.7. The fraction of sp³-hybridized carbons (Fsp3) is 0.462. The fourth-order valence-electron chi connectivity index (χ4n) is 2.41. The molecule has 0 aliphatic heterocycles. The molecule has 1 saturated carbocycles. The molecule has 3 N–H and O–H groups in total. The first-order valence-corrected chi connectivity index (χ1v) is 6.77. The summed E-state index contributed by atoms with van der Waals surface area (Å²) in [7, 11) is 0. The standard InChI is InChI=1S/C13H16Cl2N2O/c14-9-5-10(15)7-11(6-9)17-12(18)8-13(16)3-1-2-4-13/h5-7H,1-4,8,16H2,(H,17,18). The molecule has 1 aromatic carbocycles. The van der Waals surface area contributed by atoms with Crippen molar-refractivity contribution < 1.29 is 4.79 Å². The predicted octanol–water partition coefficient (Wildman–Crippen LogP) is 3.59. The fourth-order valence-corrected chi connectivity index (χ4v) is 2.93. The number of carbonyl (C=O) groups is 1. The highest BCUT2D eigenvalue weighted by Gasteiger charge is 2.31. The van der Waals surface area contributed by atoms with E-state index in [0.29, 0.717) is 22.2 Å². The quantitative estimate of drug-likeness (QED) is 0.892. The Balaban J connectivity index is 1.98. The number of carbonyl (C=O) groups excluding carboxylic acids is 1. The Bertz CT molecular complexity index is 436. The smallest absolute Gasteiger partial charge is 0.226 e. The molecule has 2 rings (SSSR count). The highest BCUT2D eigenvalue weighted by Crippen LogP contribution is 2.30. The van der Waals surface area contributed by atoms with Crippen molar-refractivity contribution in [3.05, 3.63) is 28.2 Å². The van der Waals surface area contributed by atoms with Gasteiger partial charge in [-0.25, -0.2) is 0 Å². The molecule has 1 amide bonds. The van der Waals surface area contributed by atoms with Crippen LogP contribution in [0.25, 0.3) is 0 Å². The number of amides is 1. The van der Waals surface area contributed by atoms with Gasteiger partial charge in [-0.15, -0.1) is 0 Å². The first-order valence-electron chi connectivity index (χ1n) is 6.02. The number of benzene rings is 1. The zero-order valence-corrected chi connectivity index (χ0v) is 11.5. The molecule has 0 atom stereocenters. The van der Waals surface area contributed by atoms with Crippen molar-refractivity contribution in [2.45, 2.75) is 37.6 Å². The lowest BCUT2D eigenvalue weighted by Gasteiger charge is -2.22. The van der Waals surface area contributed by atoms with E-state index in [9.17, 15) is 4.79 Å². The highest BCUT2D eigenvalue weighted by molar-refractivity contribution is 6.35. The van der Waals surface area contributed by atoms with Gasteiger partial charge in [0.25, 0.3) is 0 Å². The van der Waals surface area contributed by atoms with E-state index in [1.54, 1.807) is 18.2 Å². The van der Waals surface area contributed by atoms with E-state index in [1.807, 2.05) is 0 Å². The van der Waals surface area contributed by atoms with E-state index in [4.69, 9.17) is 28.9 Å². The van der Waals surface area contributed by atoms with Gasteiger partial charge in [-0.1, -0.05) is 36.0 Å². The van der Waals surface area contributed by atoms with Gasteiger partial charge in [0.15, 0.2) is 0 Å². The lowest BCUT2D eigenvalue weighted by Crippen LogP contribution is -2.40. The van der Waals surface area contributed by atoms with Crippen molar-refractivity contribution in [3.8, 4) is 0 Å². The van der Waals surface area contributed by atoms with Gasteiger partial charge in [-0.3, -0.25) is 4.79 Å². The van der Waals surface area contributed by atoms with Crippen LogP contribution >= 0.6 is 23.2 Å². The zero-order chi connectivity index (χ0) is 13.2. The summed E-state index contributed by atoms with van der Waals surface area (Å²) in [5.41, 5.74) is 6.43. The number of hydrogen-bond acceptors (Lipinski definition) is 2. The van der Waals surface area contributed by atoms with Gasteiger partial charge in [0.2, 0.25) is 5.91 Å². The molecule has 0 aromatic heterocycles. The van der Waals surface area contributed by atoms with E-state index in [2.05, 4.69) is 5.32 Å². The Morgan fingerprint density at radius 2 is 1.78 bits per heavy atom. The summed E-state index contributed by atoms with van der Waals surface area (Å²) in [4.78, 5) is 11.9. The average Bonchev–Trinajstić information content (AvgIpc) is 2.62. The van der Waals surface area contributed by atoms with Gasteiger partial charge in [0.1, 0.15) is 0 Å². The van der Waals surface area contributed by atoms with E-state index in [-0.39, 0.29) is 11.4 Å². The molecule has 5 heteroatoms. The Labute approximate surface area is 117 Å². The van der Waals surface area contributed by atoms with Gasteiger partial charge in [0, 0.05) is 27.7 Å². The summed E-state index contributed by atoms with van der Waals surface area (Å²) in [6.07, 6.45) is 4.38. The molecule has 3 nitrogen and oxygen atoms in total. The summed E-state index contributed by atoms with van der Waals surface area (Å²) in [5.74, 6) is -0.0854. The maximum absolute atomic E-state index is 11.9. The lowest BCUT2D eigenvalue weighted by molar-refractivity contribution is -0.117. The van der Waals surface area contributed by atoms with Gasteiger partial charge in [-0.2, -0.15) is 0 Å². The maximum Gasteiger partial charge on any atom is 0.226 e. The largest absolute Gasteiger partial charge is 0.326 e. The zero-order valence-electron chi connectivity index (χ0n) is 10.0. The Kier molecular flexibility index (Phi) is 4.15. The van der Waals surface area contributed by atoms with Crippen LogP contribution in [-0.2, 0) is 4.79 Å². The first-order chi connectivity index (χ1) is 8.47. The van der Waals surface area contributed by atoms with Crippen LogP contribution in [0.1, 0.15) is 32.1 Å². The molecule has 0 radical (unpaired) electrons. The Morgan fingerprint density at radius 1 is 1.22 bits per heavy atom. The number of halogens is 2. The van der Waals surface area contributed by atoms with Crippen LogP contribution in [0.4, 0.5) is 5.69 Å². The third-order valence-electron chi connectivity index (χ3n) is 3.26. The molecule has 1 aliphatic carbocycles. The molecule has 0 heterocycles. The number of hydrogen-bond donors (Lipinski definition) is 2. The van der Waals surface area contributed by atoms with Gasteiger partial charge >= 0.3 is 0 Å². The minimum Gasteiger partial charge on any atom is -0.326 e. The normalized spacial score (nSPS) is 17.7. The van der Waals surface area contributed by atoms with Crippen LogP contribution < -0.4 is 11.1 Å². The Morgan fingerprint density at radius 3 is 2.33 bits per heavy atom. The van der Waals surface area contributed by atoms with E-state index in [1.165, 1.54) is 0 Å². The summed E-state index contributed by atoms with van der Waals surface area (Å²) < 4.78 is 0. The summed E-state index contributed by atoms with van der Waals surface area (Å²) in [6, 6.07) is 4.96. The van der Waals surface area contributed by atoms with E-state index < -0.39 is 0 Å². The van der Waals surface area contributed by atoms with Crippen molar-refractivity contribution in [2.75, 3.05) is 5.32 Å². The second kappa shape index (κ2) is 5.47. The molecule has 1 aromatic rings. The number of nitrogens with two attached hydrogens (primary N) is 1. The SMILES string of the molecule is NC1(CC(=O)Nc2cc(Cl)cc(Cl)c2)CCCC1. The molecule has 0 unspecified atom stereocenters. The monoisotopic (exact) mass is 286 g/mol. The average molecular weight is 287 g/mol. The van der Waals surface area contributed by atoms with Crippen molar-refractivity contribution in [1.29, 1.82) is 0 Å². The lowest BCUT2D eigenvalue weighted by atomic mass is 9.94. The van der Waals surface area contributed by atoms with Crippen LogP contribution in [0.3, 0.4) is 0 Å². The van der Waals surface area contributed by atoms with Gasteiger partial charge < -0.3 is 11.1 Å². The minimum atomic E-state index is -0.341. The minimum absolute atomic E-state index is 0.0854. The van der Waals surface area contributed by atoms with E-state index in [0.717, 1.165) is 25.7 Å². The molecule has 0 bridgehead atoms. The van der Waals surface area contributed by atoms with Crippen LogP contribution in [0.5, 0.6) is 0 Å². The van der Waals surface area contributed by atoms with Crippen LogP contribution in [0.15, 0.2) is 18.2 Å².